The van der Waals surface area contributed by atoms with Crippen molar-refractivity contribution in [2.45, 2.75) is 13.8 Å². The van der Waals surface area contributed by atoms with Gasteiger partial charge in [-0.3, -0.25) is 5.41 Å². The Morgan fingerprint density at radius 3 is 2.22 bits per heavy atom. The zero-order valence-corrected chi connectivity index (χ0v) is 10.9. The Hall–Kier alpha value is -2.09. The number of methoxy groups -OCH3 is 1. The third-order valence-corrected chi connectivity index (χ3v) is 2.88. The third kappa shape index (κ3) is 2.59. The molecule has 0 saturated heterocycles. The van der Waals surface area contributed by atoms with Crippen LogP contribution in [0.4, 0.5) is 0 Å². The lowest BCUT2D eigenvalue weighted by molar-refractivity contribution is 0.401. The Kier molecular flexibility index (Phi) is 3.47. The molecule has 92 valence electrons. The van der Waals surface area contributed by atoms with Crippen LogP contribution >= 0.6 is 0 Å². The lowest BCUT2D eigenvalue weighted by atomic mass is 9.99. The lowest BCUT2D eigenvalue weighted by Gasteiger charge is -2.08. The van der Waals surface area contributed by atoms with E-state index in [9.17, 15) is 0 Å². The molecule has 0 unspecified atom stereocenters. The molecule has 2 heteroatoms. The van der Waals surface area contributed by atoms with Crippen LogP contribution in [0.25, 0.3) is 11.1 Å². The summed E-state index contributed by atoms with van der Waals surface area (Å²) >= 11 is 0. The molecule has 0 aliphatic carbocycles. The van der Waals surface area contributed by atoms with Crippen molar-refractivity contribution in [3.05, 3.63) is 59.2 Å². The molecule has 0 aliphatic heterocycles. The molecule has 0 heterocycles. The minimum absolute atomic E-state index is 0.196. The van der Waals surface area contributed by atoms with Gasteiger partial charge in [0.25, 0.3) is 0 Å². The van der Waals surface area contributed by atoms with Crippen molar-refractivity contribution in [3.8, 4) is 11.1 Å². The number of rotatable bonds is 2. The van der Waals surface area contributed by atoms with Crippen molar-refractivity contribution >= 4 is 5.90 Å². The Balaban J connectivity index is 2.47. The van der Waals surface area contributed by atoms with E-state index in [-0.39, 0.29) is 5.90 Å². The van der Waals surface area contributed by atoms with Gasteiger partial charge in [0.2, 0.25) is 5.90 Å². The van der Waals surface area contributed by atoms with Crippen LogP contribution in [0, 0.1) is 19.3 Å². The molecule has 2 aromatic carbocycles. The first kappa shape index (κ1) is 12.4. The highest BCUT2D eigenvalue weighted by atomic mass is 16.5. The minimum Gasteiger partial charge on any atom is -0.481 e. The number of benzene rings is 2. The Morgan fingerprint density at radius 1 is 0.944 bits per heavy atom. The van der Waals surface area contributed by atoms with Crippen LogP contribution < -0.4 is 0 Å². The first-order valence-corrected chi connectivity index (χ1v) is 5.92. The van der Waals surface area contributed by atoms with Crippen LogP contribution in [-0.4, -0.2) is 13.0 Å². The molecular weight excluding hydrogens is 222 g/mol. The maximum atomic E-state index is 7.70. The summed E-state index contributed by atoms with van der Waals surface area (Å²) in [6.45, 7) is 4.19. The molecule has 2 aromatic rings. The number of hydrogen-bond acceptors (Lipinski definition) is 2. The lowest BCUT2D eigenvalue weighted by Crippen LogP contribution is -2.00. The standard InChI is InChI=1S/C16H17NO/c1-11-7-12(2)9-15(8-11)13-5-4-6-14(10-13)16(17)18-3/h4-10,17H,1-3H3. The van der Waals surface area contributed by atoms with Crippen LogP contribution in [0.5, 0.6) is 0 Å². The molecule has 0 atom stereocenters. The van der Waals surface area contributed by atoms with E-state index in [0.29, 0.717) is 0 Å². The highest BCUT2D eigenvalue weighted by Gasteiger charge is 2.04. The average molecular weight is 239 g/mol. The molecule has 0 amide bonds. The predicted molar refractivity (Wildman–Crippen MR) is 75.2 cm³/mol. The fourth-order valence-electron chi connectivity index (χ4n) is 2.10. The molecule has 0 spiro atoms. The van der Waals surface area contributed by atoms with Crippen molar-refractivity contribution in [3.63, 3.8) is 0 Å². The normalized spacial score (nSPS) is 10.2. The topological polar surface area (TPSA) is 33.1 Å². The molecule has 0 fully saturated rings. The first-order valence-electron chi connectivity index (χ1n) is 5.92. The molecule has 1 N–H and O–H groups in total. The summed E-state index contributed by atoms with van der Waals surface area (Å²) < 4.78 is 4.96. The van der Waals surface area contributed by atoms with Gasteiger partial charge >= 0.3 is 0 Å². The molecule has 18 heavy (non-hydrogen) atoms. The van der Waals surface area contributed by atoms with Crippen molar-refractivity contribution < 1.29 is 4.74 Å². The van der Waals surface area contributed by atoms with Gasteiger partial charge in [-0.2, -0.15) is 0 Å². The van der Waals surface area contributed by atoms with Crippen molar-refractivity contribution in [2.24, 2.45) is 0 Å². The summed E-state index contributed by atoms with van der Waals surface area (Å²) in [6, 6.07) is 14.4. The summed E-state index contributed by atoms with van der Waals surface area (Å²) in [5.74, 6) is 0.196. The molecule has 0 bridgehead atoms. The van der Waals surface area contributed by atoms with Crippen LogP contribution in [0.3, 0.4) is 0 Å². The zero-order valence-electron chi connectivity index (χ0n) is 10.9. The smallest absolute Gasteiger partial charge is 0.212 e. The second-order valence-electron chi connectivity index (χ2n) is 4.49. The molecule has 0 saturated carbocycles. The van der Waals surface area contributed by atoms with Gasteiger partial charge < -0.3 is 4.74 Å². The average Bonchev–Trinajstić information content (AvgIpc) is 2.37. The molecule has 0 aliphatic rings. The maximum absolute atomic E-state index is 7.70. The van der Waals surface area contributed by atoms with Crippen LogP contribution in [0.15, 0.2) is 42.5 Å². The van der Waals surface area contributed by atoms with Gasteiger partial charge in [-0.15, -0.1) is 0 Å². The summed E-state index contributed by atoms with van der Waals surface area (Å²) in [5.41, 5.74) is 5.59. The fourth-order valence-corrected chi connectivity index (χ4v) is 2.10. The van der Waals surface area contributed by atoms with Gasteiger partial charge in [0.1, 0.15) is 0 Å². The van der Waals surface area contributed by atoms with Crippen LogP contribution in [0.1, 0.15) is 16.7 Å². The monoisotopic (exact) mass is 239 g/mol. The van der Waals surface area contributed by atoms with E-state index < -0.39 is 0 Å². The van der Waals surface area contributed by atoms with E-state index in [2.05, 4.69) is 38.1 Å². The third-order valence-electron chi connectivity index (χ3n) is 2.88. The van der Waals surface area contributed by atoms with E-state index >= 15 is 0 Å². The molecule has 0 aromatic heterocycles. The number of hydrogen-bond donors (Lipinski definition) is 1. The van der Waals surface area contributed by atoms with Gasteiger partial charge in [0.15, 0.2) is 0 Å². The van der Waals surface area contributed by atoms with Gasteiger partial charge in [-0.1, -0.05) is 41.5 Å². The van der Waals surface area contributed by atoms with E-state index in [0.717, 1.165) is 11.1 Å². The quantitative estimate of drug-likeness (QED) is 0.625. The fraction of sp³-hybridized carbons (Fsp3) is 0.188. The Labute approximate surface area is 108 Å². The minimum atomic E-state index is 0.196. The molecule has 2 rings (SSSR count). The van der Waals surface area contributed by atoms with E-state index in [1.54, 1.807) is 0 Å². The second-order valence-corrected chi connectivity index (χ2v) is 4.49. The Morgan fingerprint density at radius 2 is 1.61 bits per heavy atom. The molecule has 2 nitrogen and oxygen atoms in total. The van der Waals surface area contributed by atoms with Crippen LogP contribution in [0.2, 0.25) is 0 Å². The van der Waals surface area contributed by atoms with Crippen molar-refractivity contribution in [2.75, 3.05) is 7.11 Å². The van der Waals surface area contributed by atoms with Gasteiger partial charge in [-0.05, 0) is 37.1 Å². The summed E-state index contributed by atoms with van der Waals surface area (Å²) in [7, 11) is 1.52. The number of ether oxygens (including phenoxy) is 1. The highest BCUT2D eigenvalue weighted by Crippen LogP contribution is 2.23. The number of nitrogens with one attached hydrogen (secondary N) is 1. The van der Waals surface area contributed by atoms with Gasteiger partial charge in [0.05, 0.1) is 7.11 Å². The summed E-state index contributed by atoms with van der Waals surface area (Å²) in [4.78, 5) is 0. The second kappa shape index (κ2) is 5.05. The van der Waals surface area contributed by atoms with E-state index in [1.165, 1.54) is 23.8 Å². The van der Waals surface area contributed by atoms with E-state index in [4.69, 9.17) is 10.1 Å². The predicted octanol–water partition coefficient (Wildman–Crippen LogP) is 3.94. The van der Waals surface area contributed by atoms with Gasteiger partial charge in [0, 0.05) is 5.56 Å². The molecular formula is C16H17NO. The molecule has 0 radical (unpaired) electrons. The highest BCUT2D eigenvalue weighted by molar-refractivity contribution is 5.92. The summed E-state index contributed by atoms with van der Waals surface area (Å²) in [6.07, 6.45) is 0. The Bertz CT molecular complexity index is 567. The first-order chi connectivity index (χ1) is 8.60. The van der Waals surface area contributed by atoms with Crippen LogP contribution in [-0.2, 0) is 4.74 Å². The SMILES string of the molecule is COC(=N)c1cccc(-c2cc(C)cc(C)c2)c1. The van der Waals surface area contributed by atoms with Crippen molar-refractivity contribution in [1.82, 2.24) is 0 Å². The largest absolute Gasteiger partial charge is 0.481 e. The van der Waals surface area contributed by atoms with Crippen molar-refractivity contribution in [1.29, 1.82) is 5.41 Å². The zero-order chi connectivity index (χ0) is 13.1. The number of aryl methyl sites for hydroxylation is 2. The summed E-state index contributed by atoms with van der Waals surface area (Å²) in [5, 5.41) is 7.70. The van der Waals surface area contributed by atoms with Gasteiger partial charge in [-0.25, -0.2) is 0 Å². The maximum Gasteiger partial charge on any atom is 0.212 e. The van der Waals surface area contributed by atoms with E-state index in [1.807, 2.05) is 18.2 Å².